The topological polar surface area (TPSA) is 28.4 Å². The highest BCUT2D eigenvalue weighted by Crippen LogP contribution is 2.40. The minimum Gasteiger partial charge on any atom is -0.472 e. The van der Waals surface area contributed by atoms with Crippen LogP contribution in [0.3, 0.4) is 0 Å². The standard InChI is InChI=1S/C18H30N2O/c1-2-19-17(14-16-8-13-21-15-16)18(9-4-5-10-18)20-11-6-3-7-12-20/h8,13,15,17,19H,2-7,9-12,14H2,1H3. The van der Waals surface area contributed by atoms with Gasteiger partial charge in [-0.15, -0.1) is 0 Å². The van der Waals surface area contributed by atoms with Crippen molar-refractivity contribution >= 4 is 0 Å². The van der Waals surface area contributed by atoms with Gasteiger partial charge in [-0.1, -0.05) is 26.2 Å². The van der Waals surface area contributed by atoms with Crippen LogP contribution in [-0.4, -0.2) is 36.1 Å². The van der Waals surface area contributed by atoms with Crippen LogP contribution < -0.4 is 5.32 Å². The van der Waals surface area contributed by atoms with Crippen LogP contribution >= 0.6 is 0 Å². The van der Waals surface area contributed by atoms with Crippen molar-refractivity contribution in [2.24, 2.45) is 0 Å². The van der Waals surface area contributed by atoms with Gasteiger partial charge < -0.3 is 9.73 Å². The maximum Gasteiger partial charge on any atom is 0.0935 e. The van der Waals surface area contributed by atoms with Gasteiger partial charge in [-0.05, 0) is 63.4 Å². The summed E-state index contributed by atoms with van der Waals surface area (Å²) in [5.41, 5.74) is 1.72. The molecule has 2 fully saturated rings. The number of furan rings is 1. The van der Waals surface area contributed by atoms with E-state index in [1.165, 1.54) is 63.6 Å². The van der Waals surface area contributed by atoms with Crippen LogP contribution in [0.4, 0.5) is 0 Å². The molecule has 1 unspecified atom stereocenters. The molecule has 1 aromatic heterocycles. The molecular weight excluding hydrogens is 260 g/mol. The smallest absolute Gasteiger partial charge is 0.0935 e. The second kappa shape index (κ2) is 6.97. The summed E-state index contributed by atoms with van der Waals surface area (Å²) in [5.74, 6) is 0. The number of likely N-dealkylation sites (tertiary alicyclic amines) is 1. The van der Waals surface area contributed by atoms with Crippen molar-refractivity contribution in [2.45, 2.75) is 69.9 Å². The van der Waals surface area contributed by atoms with E-state index in [0.29, 0.717) is 11.6 Å². The Morgan fingerprint density at radius 1 is 1.19 bits per heavy atom. The molecule has 3 heteroatoms. The molecule has 0 bridgehead atoms. The Kier molecular flexibility index (Phi) is 5.02. The van der Waals surface area contributed by atoms with Crippen LogP contribution in [0.1, 0.15) is 57.4 Å². The molecule has 2 heterocycles. The van der Waals surface area contributed by atoms with E-state index in [0.717, 1.165) is 13.0 Å². The quantitative estimate of drug-likeness (QED) is 0.867. The van der Waals surface area contributed by atoms with Crippen LogP contribution in [0, 0.1) is 0 Å². The lowest BCUT2D eigenvalue weighted by Gasteiger charge is -2.49. The molecule has 0 spiro atoms. The molecule has 0 aromatic carbocycles. The predicted molar refractivity (Wildman–Crippen MR) is 86.5 cm³/mol. The van der Waals surface area contributed by atoms with Gasteiger partial charge in [0.2, 0.25) is 0 Å². The Labute approximate surface area is 129 Å². The normalized spacial score (nSPS) is 24.2. The number of hydrogen-bond acceptors (Lipinski definition) is 3. The van der Waals surface area contributed by atoms with Crippen molar-refractivity contribution < 1.29 is 4.42 Å². The summed E-state index contributed by atoms with van der Waals surface area (Å²) >= 11 is 0. The fraction of sp³-hybridized carbons (Fsp3) is 0.778. The molecule has 3 rings (SSSR count). The Morgan fingerprint density at radius 3 is 2.57 bits per heavy atom. The van der Waals surface area contributed by atoms with E-state index in [4.69, 9.17) is 4.42 Å². The molecule has 1 aliphatic carbocycles. The summed E-state index contributed by atoms with van der Waals surface area (Å²) in [4.78, 5) is 2.83. The van der Waals surface area contributed by atoms with Gasteiger partial charge in [-0.25, -0.2) is 0 Å². The third-order valence-corrected chi connectivity index (χ3v) is 5.57. The molecule has 1 aromatic rings. The van der Waals surface area contributed by atoms with Crippen molar-refractivity contribution in [3.63, 3.8) is 0 Å². The van der Waals surface area contributed by atoms with Gasteiger partial charge in [0.15, 0.2) is 0 Å². The van der Waals surface area contributed by atoms with E-state index in [1.54, 1.807) is 6.26 Å². The molecular formula is C18H30N2O. The highest BCUT2D eigenvalue weighted by molar-refractivity contribution is 5.13. The molecule has 118 valence electrons. The average Bonchev–Trinajstić information content (AvgIpc) is 3.20. The Bertz CT molecular complexity index is 403. The Balaban J connectivity index is 1.81. The fourth-order valence-electron chi connectivity index (χ4n) is 4.55. The highest BCUT2D eigenvalue weighted by atomic mass is 16.3. The molecule has 1 saturated heterocycles. The van der Waals surface area contributed by atoms with Crippen molar-refractivity contribution in [3.05, 3.63) is 24.2 Å². The first-order valence-corrected chi connectivity index (χ1v) is 8.85. The molecule has 2 aliphatic rings. The maximum atomic E-state index is 5.29. The van der Waals surface area contributed by atoms with Gasteiger partial charge >= 0.3 is 0 Å². The SMILES string of the molecule is CCNC(Cc1ccoc1)C1(N2CCCCC2)CCCC1. The van der Waals surface area contributed by atoms with E-state index in [9.17, 15) is 0 Å². The summed E-state index contributed by atoms with van der Waals surface area (Å²) in [6.07, 6.45) is 14.5. The zero-order valence-electron chi connectivity index (χ0n) is 13.4. The van der Waals surface area contributed by atoms with E-state index >= 15 is 0 Å². The van der Waals surface area contributed by atoms with E-state index in [1.807, 2.05) is 6.26 Å². The highest BCUT2D eigenvalue weighted by Gasteiger charge is 2.45. The second-order valence-electron chi connectivity index (χ2n) is 6.80. The first kappa shape index (κ1) is 15.1. The average molecular weight is 290 g/mol. The molecule has 1 N–H and O–H groups in total. The zero-order chi connectivity index (χ0) is 14.5. The molecule has 1 aliphatic heterocycles. The van der Waals surface area contributed by atoms with Crippen molar-refractivity contribution in [1.29, 1.82) is 0 Å². The number of nitrogens with zero attached hydrogens (tertiary/aromatic N) is 1. The molecule has 1 saturated carbocycles. The maximum absolute atomic E-state index is 5.29. The first-order chi connectivity index (χ1) is 10.3. The number of hydrogen-bond donors (Lipinski definition) is 1. The second-order valence-corrected chi connectivity index (χ2v) is 6.80. The van der Waals surface area contributed by atoms with Gasteiger partial charge in [0.1, 0.15) is 0 Å². The summed E-state index contributed by atoms with van der Waals surface area (Å²) in [6, 6.07) is 2.68. The van der Waals surface area contributed by atoms with Crippen LogP contribution in [0.2, 0.25) is 0 Å². The van der Waals surface area contributed by atoms with E-state index in [-0.39, 0.29) is 0 Å². The van der Waals surface area contributed by atoms with Crippen LogP contribution in [-0.2, 0) is 6.42 Å². The summed E-state index contributed by atoms with van der Waals surface area (Å²) in [5, 5.41) is 3.82. The summed E-state index contributed by atoms with van der Waals surface area (Å²) in [6.45, 7) is 5.89. The van der Waals surface area contributed by atoms with Gasteiger partial charge in [0.25, 0.3) is 0 Å². The van der Waals surface area contributed by atoms with Gasteiger partial charge in [-0.3, -0.25) is 4.90 Å². The van der Waals surface area contributed by atoms with Crippen LogP contribution in [0.5, 0.6) is 0 Å². The van der Waals surface area contributed by atoms with Gasteiger partial charge in [-0.2, -0.15) is 0 Å². The largest absolute Gasteiger partial charge is 0.472 e. The first-order valence-electron chi connectivity index (χ1n) is 8.85. The molecule has 0 amide bonds. The predicted octanol–water partition coefficient (Wildman–Crippen LogP) is 3.60. The lowest BCUT2D eigenvalue weighted by atomic mass is 9.81. The van der Waals surface area contributed by atoms with Crippen molar-refractivity contribution in [3.8, 4) is 0 Å². The van der Waals surface area contributed by atoms with E-state index in [2.05, 4.69) is 23.2 Å². The third-order valence-electron chi connectivity index (χ3n) is 5.57. The Hall–Kier alpha value is -0.800. The van der Waals surface area contributed by atoms with E-state index < -0.39 is 0 Å². The van der Waals surface area contributed by atoms with Crippen LogP contribution in [0.25, 0.3) is 0 Å². The van der Waals surface area contributed by atoms with Crippen LogP contribution in [0.15, 0.2) is 23.0 Å². The molecule has 21 heavy (non-hydrogen) atoms. The number of likely N-dealkylation sites (N-methyl/N-ethyl adjacent to an activating group) is 1. The lowest BCUT2D eigenvalue weighted by molar-refractivity contribution is 0.0371. The number of rotatable bonds is 6. The lowest BCUT2D eigenvalue weighted by Crippen LogP contribution is -2.61. The third kappa shape index (κ3) is 3.19. The minimum atomic E-state index is 0.383. The number of piperidine rings is 1. The molecule has 0 radical (unpaired) electrons. The minimum absolute atomic E-state index is 0.383. The number of nitrogens with one attached hydrogen (secondary N) is 1. The van der Waals surface area contributed by atoms with Gasteiger partial charge in [0.05, 0.1) is 12.5 Å². The van der Waals surface area contributed by atoms with Crippen molar-refractivity contribution in [1.82, 2.24) is 10.2 Å². The fourth-order valence-corrected chi connectivity index (χ4v) is 4.55. The molecule has 1 atom stereocenters. The Morgan fingerprint density at radius 2 is 1.95 bits per heavy atom. The summed E-state index contributed by atoms with van der Waals surface area (Å²) in [7, 11) is 0. The summed E-state index contributed by atoms with van der Waals surface area (Å²) < 4.78 is 5.29. The van der Waals surface area contributed by atoms with Crippen molar-refractivity contribution in [2.75, 3.05) is 19.6 Å². The zero-order valence-corrected chi connectivity index (χ0v) is 13.4. The monoisotopic (exact) mass is 290 g/mol. The molecule has 3 nitrogen and oxygen atoms in total. The van der Waals surface area contributed by atoms with Gasteiger partial charge in [0, 0.05) is 11.6 Å².